The fourth-order valence-corrected chi connectivity index (χ4v) is 4.44. The molecule has 5 aromatic rings. The van der Waals surface area contributed by atoms with Crippen molar-refractivity contribution in [3.8, 4) is 5.75 Å². The molecule has 0 bridgehead atoms. The number of ether oxygens (including phenoxy) is 1. The lowest BCUT2D eigenvalue weighted by Gasteiger charge is -2.26. The predicted molar refractivity (Wildman–Crippen MR) is 177 cm³/mol. The summed E-state index contributed by atoms with van der Waals surface area (Å²) in [5, 5.41) is 0. The van der Waals surface area contributed by atoms with Gasteiger partial charge in [0.2, 0.25) is 0 Å². The maximum absolute atomic E-state index is 5.40. The molecule has 5 aromatic carbocycles. The molecule has 0 saturated carbocycles. The molecule has 0 aliphatic carbocycles. The molecule has 0 N–H and O–H groups in total. The van der Waals surface area contributed by atoms with Gasteiger partial charge < -0.3 is 9.64 Å². The molecule has 0 aliphatic heterocycles. The summed E-state index contributed by atoms with van der Waals surface area (Å²) in [7, 11) is 1.69. The zero-order valence-electron chi connectivity index (χ0n) is 23.2. The van der Waals surface area contributed by atoms with E-state index >= 15 is 0 Å². The first-order valence-corrected chi connectivity index (χ1v) is 13.7. The molecule has 0 aromatic heterocycles. The number of rotatable bonds is 10. The second kappa shape index (κ2) is 14.2. The first-order chi connectivity index (χ1) is 20.3. The minimum Gasteiger partial charge on any atom is -0.497 e. The van der Waals surface area contributed by atoms with Crippen LogP contribution < -0.4 is 9.64 Å². The number of nitrogens with zero attached hydrogens (tertiary/aromatic N) is 1. The van der Waals surface area contributed by atoms with E-state index in [1.54, 1.807) is 7.11 Å². The highest BCUT2D eigenvalue weighted by atomic mass is 16.5. The van der Waals surface area contributed by atoms with Gasteiger partial charge in [0.25, 0.3) is 0 Å². The van der Waals surface area contributed by atoms with E-state index < -0.39 is 0 Å². The van der Waals surface area contributed by atoms with Crippen LogP contribution in [0.15, 0.2) is 158 Å². The zero-order chi connectivity index (χ0) is 28.1. The maximum atomic E-state index is 5.40. The van der Waals surface area contributed by atoms with Crippen molar-refractivity contribution in [2.75, 3.05) is 12.0 Å². The molecule has 0 fully saturated rings. The Balaban J connectivity index is 1.34. The van der Waals surface area contributed by atoms with Gasteiger partial charge in [-0.25, -0.2) is 0 Å². The highest BCUT2D eigenvalue weighted by molar-refractivity contribution is 5.78. The van der Waals surface area contributed by atoms with Crippen molar-refractivity contribution in [1.29, 1.82) is 0 Å². The monoisotopic (exact) mass is 531 g/mol. The average molecular weight is 532 g/mol. The van der Waals surface area contributed by atoms with Gasteiger partial charge in [-0.05, 0) is 70.8 Å². The summed E-state index contributed by atoms with van der Waals surface area (Å²) in [5.41, 5.74) is 7.90. The highest BCUT2D eigenvalue weighted by Gasteiger charge is 2.12. The van der Waals surface area contributed by atoms with Gasteiger partial charge in [-0.3, -0.25) is 0 Å². The number of anilines is 3. The molecule has 0 aliphatic rings. The van der Waals surface area contributed by atoms with Crippen LogP contribution in [0.3, 0.4) is 0 Å². The Morgan fingerprint density at radius 1 is 0.390 bits per heavy atom. The molecule has 0 amide bonds. The third-order valence-corrected chi connectivity index (χ3v) is 6.61. The topological polar surface area (TPSA) is 12.5 Å². The minimum atomic E-state index is 0.835. The molecule has 5 rings (SSSR count). The summed E-state index contributed by atoms with van der Waals surface area (Å²) in [5.74, 6) is 0.835. The molecule has 0 radical (unpaired) electrons. The van der Waals surface area contributed by atoms with Crippen molar-refractivity contribution in [3.05, 3.63) is 180 Å². The molecular formula is C39H33NO. The molecule has 0 atom stereocenters. The fourth-order valence-electron chi connectivity index (χ4n) is 4.44. The van der Waals surface area contributed by atoms with E-state index in [2.05, 4.69) is 138 Å². The van der Waals surface area contributed by atoms with Crippen molar-refractivity contribution >= 4 is 41.4 Å². The molecule has 2 heteroatoms. The van der Waals surface area contributed by atoms with Crippen LogP contribution in [0.25, 0.3) is 24.3 Å². The van der Waals surface area contributed by atoms with Crippen molar-refractivity contribution in [3.63, 3.8) is 0 Å². The van der Waals surface area contributed by atoms with Gasteiger partial charge in [0.1, 0.15) is 5.75 Å². The van der Waals surface area contributed by atoms with Gasteiger partial charge in [0.15, 0.2) is 0 Å². The van der Waals surface area contributed by atoms with E-state index in [0.29, 0.717) is 0 Å². The number of allylic oxidation sites excluding steroid dienone is 4. The highest BCUT2D eigenvalue weighted by Crippen LogP contribution is 2.35. The average Bonchev–Trinajstić information content (AvgIpc) is 3.04. The van der Waals surface area contributed by atoms with E-state index in [1.165, 1.54) is 11.1 Å². The van der Waals surface area contributed by atoms with Crippen molar-refractivity contribution in [2.45, 2.75) is 0 Å². The Labute approximate surface area is 243 Å². The SMILES string of the molecule is COc1ccc(N(c2ccc(/C=C/C=C/c3ccccc3)cc2)c2ccc(/C=C/C=C/c3ccccc3)cc2)cc1. The summed E-state index contributed by atoms with van der Waals surface area (Å²) >= 11 is 0. The van der Waals surface area contributed by atoms with E-state index in [4.69, 9.17) is 4.74 Å². The lowest BCUT2D eigenvalue weighted by atomic mass is 10.1. The van der Waals surface area contributed by atoms with Crippen LogP contribution in [-0.4, -0.2) is 7.11 Å². The number of hydrogen-bond acceptors (Lipinski definition) is 2. The van der Waals surface area contributed by atoms with Crippen molar-refractivity contribution < 1.29 is 4.74 Å². The summed E-state index contributed by atoms with van der Waals surface area (Å²) in [4.78, 5) is 2.26. The fraction of sp³-hybridized carbons (Fsp3) is 0.0256. The molecule has 0 saturated heterocycles. The smallest absolute Gasteiger partial charge is 0.119 e. The largest absolute Gasteiger partial charge is 0.497 e. The van der Waals surface area contributed by atoms with Crippen LogP contribution >= 0.6 is 0 Å². The van der Waals surface area contributed by atoms with E-state index in [1.807, 2.05) is 48.5 Å². The van der Waals surface area contributed by atoms with E-state index in [0.717, 1.165) is 33.9 Å². The summed E-state index contributed by atoms with van der Waals surface area (Å²) in [6, 6.07) is 46.0. The van der Waals surface area contributed by atoms with Crippen LogP contribution in [0.2, 0.25) is 0 Å². The van der Waals surface area contributed by atoms with Crippen LogP contribution in [0.1, 0.15) is 22.3 Å². The first-order valence-electron chi connectivity index (χ1n) is 13.7. The molecule has 0 heterocycles. The maximum Gasteiger partial charge on any atom is 0.119 e. The molecule has 0 spiro atoms. The summed E-state index contributed by atoms with van der Waals surface area (Å²) in [6.45, 7) is 0. The van der Waals surface area contributed by atoms with Crippen molar-refractivity contribution in [1.82, 2.24) is 0 Å². The zero-order valence-corrected chi connectivity index (χ0v) is 23.2. The Kier molecular flexibility index (Phi) is 9.41. The Morgan fingerprint density at radius 2 is 0.707 bits per heavy atom. The third-order valence-electron chi connectivity index (χ3n) is 6.61. The lowest BCUT2D eigenvalue weighted by molar-refractivity contribution is 0.415. The molecule has 2 nitrogen and oxygen atoms in total. The minimum absolute atomic E-state index is 0.835. The summed E-state index contributed by atoms with van der Waals surface area (Å²) < 4.78 is 5.40. The van der Waals surface area contributed by atoms with Crippen LogP contribution in [0.4, 0.5) is 17.1 Å². The van der Waals surface area contributed by atoms with Crippen molar-refractivity contribution in [2.24, 2.45) is 0 Å². The Hall–Kier alpha value is -5.34. The van der Waals surface area contributed by atoms with E-state index in [9.17, 15) is 0 Å². The normalized spacial score (nSPS) is 11.6. The molecule has 0 unspecified atom stereocenters. The van der Waals surface area contributed by atoms with Crippen LogP contribution in [0.5, 0.6) is 5.75 Å². The second-order valence-corrected chi connectivity index (χ2v) is 9.47. The quantitative estimate of drug-likeness (QED) is 0.166. The predicted octanol–water partition coefficient (Wildman–Crippen LogP) is 10.6. The van der Waals surface area contributed by atoms with Crippen LogP contribution in [-0.2, 0) is 0 Å². The van der Waals surface area contributed by atoms with Gasteiger partial charge in [-0.2, -0.15) is 0 Å². The van der Waals surface area contributed by atoms with Gasteiger partial charge in [0, 0.05) is 17.1 Å². The molecule has 41 heavy (non-hydrogen) atoms. The molecule has 200 valence electrons. The van der Waals surface area contributed by atoms with E-state index in [-0.39, 0.29) is 0 Å². The van der Waals surface area contributed by atoms with Gasteiger partial charge in [0.05, 0.1) is 7.11 Å². The molecular weight excluding hydrogens is 498 g/mol. The van der Waals surface area contributed by atoms with Gasteiger partial charge in [-0.15, -0.1) is 0 Å². The number of hydrogen-bond donors (Lipinski definition) is 0. The lowest BCUT2D eigenvalue weighted by Crippen LogP contribution is -2.09. The van der Waals surface area contributed by atoms with Crippen LogP contribution in [0, 0.1) is 0 Å². The standard InChI is InChI=1S/C39H33NO/c1-41-39-30-28-38(29-31-39)40(36-24-20-34(21-25-36)18-10-8-16-32-12-4-2-5-13-32)37-26-22-35(23-27-37)19-11-9-17-33-14-6-3-7-15-33/h2-31H,1H3/b16-8+,17-9+,18-10+,19-11+. The van der Waals surface area contributed by atoms with Gasteiger partial charge in [-0.1, -0.05) is 134 Å². The van der Waals surface area contributed by atoms with Gasteiger partial charge >= 0.3 is 0 Å². The second-order valence-electron chi connectivity index (χ2n) is 9.47. The number of methoxy groups -OCH3 is 1. The Morgan fingerprint density at radius 3 is 1.05 bits per heavy atom. The number of benzene rings is 5. The summed E-state index contributed by atoms with van der Waals surface area (Å²) in [6.07, 6.45) is 16.7. The third kappa shape index (κ3) is 7.84. The Bertz CT molecular complexity index is 1510. The first kappa shape index (κ1) is 27.2.